The predicted octanol–water partition coefficient (Wildman–Crippen LogP) is 3.17. The number of nitrogens with one attached hydrogen (secondary N) is 1. The van der Waals surface area contributed by atoms with E-state index in [1.54, 1.807) is 0 Å². The molecule has 2 fully saturated rings. The van der Waals surface area contributed by atoms with Crippen molar-refractivity contribution in [2.45, 2.75) is 83.3 Å². The molecule has 0 aromatic rings. The zero-order valence-corrected chi connectivity index (χ0v) is 11.8. The van der Waals surface area contributed by atoms with Crippen molar-refractivity contribution in [1.82, 2.24) is 10.2 Å². The minimum atomic E-state index is 0.712. The summed E-state index contributed by atoms with van der Waals surface area (Å²) in [5.41, 5.74) is 0. The molecule has 2 nitrogen and oxygen atoms in total. The lowest BCUT2D eigenvalue weighted by Crippen LogP contribution is -2.46. The van der Waals surface area contributed by atoms with Gasteiger partial charge in [-0.1, -0.05) is 25.7 Å². The SMILES string of the molecule is CC1CCCCCN1C(C)CNC1CCCC1. The van der Waals surface area contributed by atoms with Crippen LogP contribution in [0.25, 0.3) is 0 Å². The van der Waals surface area contributed by atoms with E-state index in [9.17, 15) is 0 Å². The van der Waals surface area contributed by atoms with E-state index in [4.69, 9.17) is 0 Å². The smallest absolute Gasteiger partial charge is 0.0195 e. The van der Waals surface area contributed by atoms with Crippen LogP contribution in [0.5, 0.6) is 0 Å². The summed E-state index contributed by atoms with van der Waals surface area (Å²) in [6, 6.07) is 2.32. The highest BCUT2D eigenvalue weighted by atomic mass is 15.2. The van der Waals surface area contributed by atoms with Crippen LogP contribution in [0.1, 0.15) is 65.2 Å². The van der Waals surface area contributed by atoms with Crippen LogP contribution in [-0.4, -0.2) is 36.1 Å². The fourth-order valence-corrected chi connectivity index (χ4v) is 3.54. The van der Waals surface area contributed by atoms with E-state index in [0.717, 1.165) is 12.1 Å². The molecule has 100 valence electrons. The van der Waals surface area contributed by atoms with Gasteiger partial charge in [0.2, 0.25) is 0 Å². The molecule has 17 heavy (non-hydrogen) atoms. The molecule has 1 aliphatic carbocycles. The first-order valence-corrected chi connectivity index (χ1v) is 7.76. The molecule has 2 unspecified atom stereocenters. The van der Waals surface area contributed by atoms with Crippen molar-refractivity contribution in [3.8, 4) is 0 Å². The van der Waals surface area contributed by atoms with Crippen molar-refractivity contribution in [3.63, 3.8) is 0 Å². The molecular weight excluding hydrogens is 208 g/mol. The van der Waals surface area contributed by atoms with Crippen LogP contribution in [-0.2, 0) is 0 Å². The van der Waals surface area contributed by atoms with Crippen molar-refractivity contribution in [3.05, 3.63) is 0 Å². The van der Waals surface area contributed by atoms with Crippen LogP contribution >= 0.6 is 0 Å². The molecule has 1 saturated heterocycles. The molecule has 1 saturated carbocycles. The Labute approximate surface area is 107 Å². The fourth-order valence-electron chi connectivity index (χ4n) is 3.54. The van der Waals surface area contributed by atoms with Crippen molar-refractivity contribution in [2.24, 2.45) is 0 Å². The van der Waals surface area contributed by atoms with E-state index in [1.807, 2.05) is 0 Å². The Morgan fingerprint density at radius 1 is 1.06 bits per heavy atom. The van der Waals surface area contributed by atoms with Crippen LogP contribution in [0.4, 0.5) is 0 Å². The third-order valence-corrected chi connectivity index (χ3v) is 4.73. The average Bonchev–Trinajstić information content (AvgIpc) is 2.75. The largest absolute Gasteiger partial charge is 0.312 e. The summed E-state index contributed by atoms with van der Waals surface area (Å²) in [6.45, 7) is 7.32. The van der Waals surface area contributed by atoms with E-state index in [-0.39, 0.29) is 0 Å². The lowest BCUT2D eigenvalue weighted by Gasteiger charge is -2.34. The van der Waals surface area contributed by atoms with Crippen LogP contribution in [0, 0.1) is 0 Å². The maximum Gasteiger partial charge on any atom is 0.0195 e. The van der Waals surface area contributed by atoms with Gasteiger partial charge < -0.3 is 5.32 Å². The maximum atomic E-state index is 3.78. The zero-order chi connectivity index (χ0) is 12.1. The minimum Gasteiger partial charge on any atom is -0.312 e. The summed E-state index contributed by atoms with van der Waals surface area (Å²) in [6.07, 6.45) is 11.3. The Bertz CT molecular complexity index is 211. The lowest BCUT2D eigenvalue weighted by atomic mass is 10.1. The molecule has 0 spiro atoms. The Kier molecular flexibility index (Phi) is 5.30. The molecule has 0 aromatic heterocycles. The molecule has 2 heteroatoms. The fraction of sp³-hybridized carbons (Fsp3) is 1.00. The normalized spacial score (nSPS) is 30.4. The topological polar surface area (TPSA) is 15.3 Å². The summed E-state index contributed by atoms with van der Waals surface area (Å²) < 4.78 is 0. The number of hydrogen-bond donors (Lipinski definition) is 1. The summed E-state index contributed by atoms with van der Waals surface area (Å²) in [5.74, 6) is 0. The molecule has 1 aliphatic heterocycles. The van der Waals surface area contributed by atoms with Crippen molar-refractivity contribution < 1.29 is 0 Å². The van der Waals surface area contributed by atoms with Gasteiger partial charge in [0.15, 0.2) is 0 Å². The second-order valence-corrected chi connectivity index (χ2v) is 6.17. The molecule has 2 aliphatic rings. The van der Waals surface area contributed by atoms with Crippen LogP contribution in [0.15, 0.2) is 0 Å². The Hall–Kier alpha value is -0.0800. The molecule has 1 N–H and O–H groups in total. The quantitative estimate of drug-likeness (QED) is 0.809. The van der Waals surface area contributed by atoms with Crippen LogP contribution in [0.3, 0.4) is 0 Å². The molecule has 0 amide bonds. The van der Waals surface area contributed by atoms with E-state index < -0.39 is 0 Å². The van der Waals surface area contributed by atoms with Gasteiger partial charge in [0.25, 0.3) is 0 Å². The first kappa shape index (κ1) is 13.4. The summed E-state index contributed by atoms with van der Waals surface area (Å²) in [5, 5.41) is 3.78. The van der Waals surface area contributed by atoms with E-state index in [2.05, 4.69) is 24.1 Å². The zero-order valence-electron chi connectivity index (χ0n) is 11.8. The van der Waals surface area contributed by atoms with Gasteiger partial charge in [-0.3, -0.25) is 4.90 Å². The van der Waals surface area contributed by atoms with Gasteiger partial charge in [0.05, 0.1) is 0 Å². The molecule has 2 atom stereocenters. The van der Waals surface area contributed by atoms with Gasteiger partial charge in [-0.2, -0.15) is 0 Å². The summed E-state index contributed by atoms with van der Waals surface area (Å²) in [7, 11) is 0. The highest BCUT2D eigenvalue weighted by Gasteiger charge is 2.23. The highest BCUT2D eigenvalue weighted by molar-refractivity contribution is 4.81. The predicted molar refractivity (Wildman–Crippen MR) is 74.4 cm³/mol. The average molecular weight is 238 g/mol. The third-order valence-electron chi connectivity index (χ3n) is 4.73. The summed E-state index contributed by atoms with van der Waals surface area (Å²) >= 11 is 0. The second kappa shape index (κ2) is 6.75. The highest BCUT2D eigenvalue weighted by Crippen LogP contribution is 2.20. The van der Waals surface area contributed by atoms with E-state index in [1.165, 1.54) is 64.5 Å². The maximum absolute atomic E-state index is 3.78. The Balaban J connectivity index is 1.74. The summed E-state index contributed by atoms with van der Waals surface area (Å²) in [4.78, 5) is 2.73. The third kappa shape index (κ3) is 3.96. The second-order valence-electron chi connectivity index (χ2n) is 6.17. The van der Waals surface area contributed by atoms with Crippen LogP contribution in [0.2, 0.25) is 0 Å². The number of rotatable bonds is 4. The first-order chi connectivity index (χ1) is 8.27. The van der Waals surface area contributed by atoms with E-state index >= 15 is 0 Å². The number of hydrogen-bond acceptors (Lipinski definition) is 2. The van der Waals surface area contributed by atoms with Gasteiger partial charge in [-0.05, 0) is 46.1 Å². The molecule has 0 aromatic carbocycles. The van der Waals surface area contributed by atoms with Crippen molar-refractivity contribution in [2.75, 3.05) is 13.1 Å². The van der Waals surface area contributed by atoms with Gasteiger partial charge >= 0.3 is 0 Å². The Morgan fingerprint density at radius 3 is 2.53 bits per heavy atom. The number of likely N-dealkylation sites (tertiary alicyclic amines) is 1. The monoisotopic (exact) mass is 238 g/mol. The van der Waals surface area contributed by atoms with Gasteiger partial charge in [0, 0.05) is 24.7 Å². The molecule has 0 bridgehead atoms. The standard InChI is InChI=1S/C15H30N2/c1-13-8-4-3-7-11-17(13)14(2)12-16-15-9-5-6-10-15/h13-16H,3-12H2,1-2H3. The Morgan fingerprint density at radius 2 is 1.76 bits per heavy atom. The molecule has 1 heterocycles. The minimum absolute atomic E-state index is 0.712. The van der Waals surface area contributed by atoms with Gasteiger partial charge in [0.1, 0.15) is 0 Å². The van der Waals surface area contributed by atoms with Gasteiger partial charge in [-0.25, -0.2) is 0 Å². The first-order valence-electron chi connectivity index (χ1n) is 7.76. The van der Waals surface area contributed by atoms with Gasteiger partial charge in [-0.15, -0.1) is 0 Å². The van der Waals surface area contributed by atoms with Crippen molar-refractivity contribution in [1.29, 1.82) is 0 Å². The number of nitrogens with zero attached hydrogens (tertiary/aromatic N) is 1. The van der Waals surface area contributed by atoms with Crippen LogP contribution < -0.4 is 5.32 Å². The van der Waals surface area contributed by atoms with E-state index in [0.29, 0.717) is 6.04 Å². The van der Waals surface area contributed by atoms with Crippen molar-refractivity contribution >= 4 is 0 Å². The molecular formula is C15H30N2. The molecule has 2 rings (SSSR count). The lowest BCUT2D eigenvalue weighted by molar-refractivity contribution is 0.152. The molecule has 0 radical (unpaired) electrons.